The van der Waals surface area contributed by atoms with E-state index < -0.39 is 4.92 Å². The lowest BCUT2D eigenvalue weighted by Gasteiger charge is -2.23. The number of carbonyl (C=O) groups is 1. The third-order valence-electron chi connectivity index (χ3n) is 4.72. The predicted octanol–water partition coefficient (Wildman–Crippen LogP) is 4.34. The zero-order valence-corrected chi connectivity index (χ0v) is 16.1. The Hall–Kier alpha value is -2.84. The molecule has 28 heavy (non-hydrogen) atoms. The first kappa shape index (κ1) is 18.5. The fraction of sp³-hybridized carbons (Fsp3) is 0.300. The monoisotopic (exact) mass is 397 g/mol. The third kappa shape index (κ3) is 3.74. The molecule has 0 saturated carbocycles. The summed E-state index contributed by atoms with van der Waals surface area (Å²) in [4.78, 5) is 30.1. The number of thiazole rings is 1. The average molecular weight is 397 g/mol. The molecule has 0 radical (unpaired) electrons. The Kier molecular flexibility index (Phi) is 5.06. The lowest BCUT2D eigenvalue weighted by molar-refractivity contribution is -0.384. The van der Waals surface area contributed by atoms with Crippen LogP contribution in [0.5, 0.6) is 0 Å². The van der Waals surface area contributed by atoms with E-state index in [2.05, 4.69) is 4.98 Å². The van der Waals surface area contributed by atoms with Crippen molar-refractivity contribution in [3.8, 4) is 0 Å². The minimum atomic E-state index is -0.498. The van der Waals surface area contributed by atoms with Gasteiger partial charge in [0.25, 0.3) is 11.6 Å². The van der Waals surface area contributed by atoms with Gasteiger partial charge in [-0.15, -0.1) is 0 Å². The van der Waals surface area contributed by atoms with Crippen molar-refractivity contribution in [2.75, 3.05) is 18.1 Å². The number of hydrogen-bond donors (Lipinski definition) is 0. The number of carbonyl (C=O) groups excluding carboxylic acids is 1. The van der Waals surface area contributed by atoms with Crippen LogP contribution in [0.3, 0.4) is 0 Å². The number of rotatable bonds is 5. The molecule has 1 atom stereocenters. The maximum atomic E-state index is 13.3. The summed E-state index contributed by atoms with van der Waals surface area (Å²) in [5.41, 5.74) is 2.11. The number of nitrogens with zero attached hydrogens (tertiary/aromatic N) is 3. The number of nitro benzene ring substituents is 1. The van der Waals surface area contributed by atoms with Crippen LogP contribution < -0.4 is 4.90 Å². The summed E-state index contributed by atoms with van der Waals surface area (Å²) in [5.74, 6) is -0.310. The molecule has 1 aliphatic rings. The first-order chi connectivity index (χ1) is 13.5. The van der Waals surface area contributed by atoms with E-state index in [4.69, 9.17) is 4.74 Å². The highest BCUT2D eigenvalue weighted by molar-refractivity contribution is 7.22. The highest BCUT2D eigenvalue weighted by Gasteiger charge is 2.27. The molecule has 0 N–H and O–H groups in total. The van der Waals surface area contributed by atoms with Crippen molar-refractivity contribution in [3.05, 3.63) is 63.7 Å². The second-order valence-electron chi connectivity index (χ2n) is 6.83. The van der Waals surface area contributed by atoms with Crippen LogP contribution in [-0.4, -0.2) is 35.1 Å². The molecule has 1 aromatic heterocycles. The van der Waals surface area contributed by atoms with Gasteiger partial charge in [-0.25, -0.2) is 4.98 Å². The number of non-ortho nitro benzene ring substituents is 1. The van der Waals surface area contributed by atoms with Crippen LogP contribution in [0.15, 0.2) is 42.5 Å². The van der Waals surface area contributed by atoms with Crippen LogP contribution in [-0.2, 0) is 4.74 Å². The minimum Gasteiger partial charge on any atom is -0.376 e. The van der Waals surface area contributed by atoms with E-state index >= 15 is 0 Å². The number of hydrogen-bond acceptors (Lipinski definition) is 6. The van der Waals surface area contributed by atoms with Crippen molar-refractivity contribution in [1.82, 2.24) is 4.98 Å². The Morgan fingerprint density at radius 2 is 2.21 bits per heavy atom. The summed E-state index contributed by atoms with van der Waals surface area (Å²) in [7, 11) is 0. The van der Waals surface area contributed by atoms with Crippen molar-refractivity contribution < 1.29 is 14.5 Å². The predicted molar refractivity (Wildman–Crippen MR) is 108 cm³/mol. The normalized spacial score (nSPS) is 16.4. The summed E-state index contributed by atoms with van der Waals surface area (Å²) in [6.45, 7) is 3.07. The van der Waals surface area contributed by atoms with E-state index in [1.54, 1.807) is 11.0 Å². The van der Waals surface area contributed by atoms with Gasteiger partial charge in [0.05, 0.1) is 27.8 Å². The minimum absolute atomic E-state index is 0.0589. The molecule has 4 rings (SSSR count). The lowest BCUT2D eigenvalue weighted by atomic mass is 10.1. The van der Waals surface area contributed by atoms with Crippen molar-refractivity contribution >= 4 is 38.3 Å². The molecule has 0 aliphatic carbocycles. The standard InChI is InChI=1S/C20H19N3O4S/c1-13-7-8-17-18(10-13)28-20(21-17)22(12-16-6-3-9-27-16)19(24)14-4-2-5-15(11-14)23(25)26/h2,4-5,7-8,10-11,16H,3,6,9,12H2,1H3. The van der Waals surface area contributed by atoms with Crippen molar-refractivity contribution in [3.63, 3.8) is 0 Å². The van der Waals surface area contributed by atoms with E-state index in [0.717, 1.165) is 28.6 Å². The molecule has 0 bridgehead atoms. The topological polar surface area (TPSA) is 85.6 Å². The molecule has 0 spiro atoms. The molecule has 1 amide bonds. The van der Waals surface area contributed by atoms with Crippen LogP contribution in [0, 0.1) is 17.0 Å². The summed E-state index contributed by atoms with van der Waals surface area (Å²) in [6.07, 6.45) is 1.78. The molecule has 8 heteroatoms. The number of ether oxygens (including phenoxy) is 1. The lowest BCUT2D eigenvalue weighted by Crippen LogP contribution is -2.37. The first-order valence-electron chi connectivity index (χ1n) is 9.06. The number of amides is 1. The Labute approximate surface area is 165 Å². The van der Waals surface area contributed by atoms with Gasteiger partial charge in [-0.2, -0.15) is 0 Å². The van der Waals surface area contributed by atoms with Crippen LogP contribution in [0.1, 0.15) is 28.8 Å². The van der Waals surface area contributed by atoms with Gasteiger partial charge in [-0.3, -0.25) is 19.8 Å². The largest absolute Gasteiger partial charge is 0.376 e. The number of fused-ring (bicyclic) bond motifs is 1. The van der Waals surface area contributed by atoms with E-state index in [1.807, 2.05) is 25.1 Å². The van der Waals surface area contributed by atoms with Crippen molar-refractivity contribution in [2.45, 2.75) is 25.9 Å². The SMILES string of the molecule is Cc1ccc2nc(N(CC3CCCO3)C(=O)c3cccc([N+](=O)[O-])c3)sc2c1. The summed E-state index contributed by atoms with van der Waals surface area (Å²) >= 11 is 1.44. The maximum Gasteiger partial charge on any atom is 0.270 e. The molecule has 144 valence electrons. The van der Waals surface area contributed by atoms with Gasteiger partial charge in [0, 0.05) is 24.3 Å². The molecule has 7 nitrogen and oxygen atoms in total. The molecule has 2 aromatic carbocycles. The zero-order chi connectivity index (χ0) is 19.7. The van der Waals surface area contributed by atoms with E-state index in [-0.39, 0.29) is 23.3 Å². The number of aromatic nitrogens is 1. The number of anilines is 1. The van der Waals surface area contributed by atoms with E-state index in [1.165, 1.54) is 29.5 Å². The smallest absolute Gasteiger partial charge is 0.270 e. The molecule has 3 aromatic rings. The molecular weight excluding hydrogens is 378 g/mol. The van der Waals surface area contributed by atoms with E-state index in [0.29, 0.717) is 18.3 Å². The molecular formula is C20H19N3O4S. The molecule has 1 fully saturated rings. The van der Waals surface area contributed by atoms with Crippen molar-refractivity contribution in [2.24, 2.45) is 0 Å². The second kappa shape index (κ2) is 7.65. The van der Waals surface area contributed by atoms with Crippen LogP contribution in [0.25, 0.3) is 10.2 Å². The quantitative estimate of drug-likeness (QED) is 0.472. The molecule has 2 heterocycles. The van der Waals surface area contributed by atoms with Crippen LogP contribution >= 0.6 is 11.3 Å². The van der Waals surface area contributed by atoms with Crippen LogP contribution in [0.2, 0.25) is 0 Å². The fourth-order valence-corrected chi connectivity index (χ4v) is 4.35. The van der Waals surface area contributed by atoms with Gasteiger partial charge in [0.2, 0.25) is 0 Å². The van der Waals surface area contributed by atoms with Gasteiger partial charge < -0.3 is 4.74 Å². The molecule has 1 aliphatic heterocycles. The van der Waals surface area contributed by atoms with Crippen LogP contribution in [0.4, 0.5) is 10.8 Å². The van der Waals surface area contributed by atoms with Gasteiger partial charge >= 0.3 is 0 Å². The molecule has 1 saturated heterocycles. The third-order valence-corrected chi connectivity index (χ3v) is 5.76. The average Bonchev–Trinajstić information content (AvgIpc) is 3.34. The number of aryl methyl sites for hydroxylation is 1. The Balaban J connectivity index is 1.72. The fourth-order valence-electron chi connectivity index (χ4n) is 3.28. The van der Waals surface area contributed by atoms with Gasteiger partial charge in [-0.1, -0.05) is 23.5 Å². The van der Waals surface area contributed by atoms with Gasteiger partial charge in [0.15, 0.2) is 5.13 Å². The summed E-state index contributed by atoms with van der Waals surface area (Å²) in [5, 5.41) is 11.7. The van der Waals surface area contributed by atoms with Gasteiger partial charge in [-0.05, 0) is 43.5 Å². The maximum absolute atomic E-state index is 13.3. The summed E-state index contributed by atoms with van der Waals surface area (Å²) < 4.78 is 6.72. The first-order valence-corrected chi connectivity index (χ1v) is 9.88. The Morgan fingerprint density at radius 1 is 1.36 bits per heavy atom. The summed E-state index contributed by atoms with van der Waals surface area (Å²) in [6, 6.07) is 11.8. The molecule has 1 unspecified atom stereocenters. The van der Waals surface area contributed by atoms with Crippen molar-refractivity contribution in [1.29, 1.82) is 0 Å². The second-order valence-corrected chi connectivity index (χ2v) is 7.83. The highest BCUT2D eigenvalue weighted by atomic mass is 32.1. The zero-order valence-electron chi connectivity index (χ0n) is 15.3. The highest BCUT2D eigenvalue weighted by Crippen LogP contribution is 2.31. The number of nitro groups is 1. The van der Waals surface area contributed by atoms with Gasteiger partial charge in [0.1, 0.15) is 0 Å². The Bertz CT molecular complexity index is 1040. The Morgan fingerprint density at radius 3 is 2.96 bits per heavy atom. The van der Waals surface area contributed by atoms with E-state index in [9.17, 15) is 14.9 Å². The number of benzene rings is 2.